The molecule has 2 aliphatic heterocycles. The molecule has 18 heavy (non-hydrogen) atoms. The van der Waals surface area contributed by atoms with Crippen LogP contribution in [0, 0.1) is 0 Å². The van der Waals surface area contributed by atoms with Crippen LogP contribution in [0.1, 0.15) is 26.2 Å². The SMILES string of the molecule is CCC(=O)N1CCC(N2CCO[C@H](CO)C2)CC1. The quantitative estimate of drug-likeness (QED) is 0.777. The zero-order valence-corrected chi connectivity index (χ0v) is 11.2. The Hall–Kier alpha value is -0.650. The maximum absolute atomic E-state index is 11.6. The van der Waals surface area contributed by atoms with Gasteiger partial charge in [0.25, 0.3) is 0 Å². The number of carbonyl (C=O) groups excluding carboxylic acids is 1. The number of rotatable bonds is 3. The van der Waals surface area contributed by atoms with Crippen LogP contribution in [0.5, 0.6) is 0 Å². The van der Waals surface area contributed by atoms with Gasteiger partial charge in [-0.2, -0.15) is 0 Å². The number of aliphatic hydroxyl groups excluding tert-OH is 1. The second-order valence-corrected chi connectivity index (χ2v) is 5.14. The zero-order chi connectivity index (χ0) is 13.0. The van der Waals surface area contributed by atoms with Crippen LogP contribution in [0.15, 0.2) is 0 Å². The molecule has 0 radical (unpaired) electrons. The summed E-state index contributed by atoms with van der Waals surface area (Å²) in [6.45, 7) is 6.24. The molecule has 0 aromatic carbocycles. The van der Waals surface area contributed by atoms with Crippen molar-refractivity contribution >= 4 is 5.91 Å². The van der Waals surface area contributed by atoms with Crippen molar-refractivity contribution in [3.05, 3.63) is 0 Å². The summed E-state index contributed by atoms with van der Waals surface area (Å²) in [4.78, 5) is 16.0. The molecule has 1 amide bonds. The molecule has 1 N–H and O–H groups in total. The van der Waals surface area contributed by atoms with Gasteiger partial charge in [0.2, 0.25) is 5.91 Å². The van der Waals surface area contributed by atoms with Gasteiger partial charge in [-0.3, -0.25) is 9.69 Å². The molecule has 2 aliphatic rings. The summed E-state index contributed by atoms with van der Waals surface area (Å²) >= 11 is 0. The zero-order valence-electron chi connectivity index (χ0n) is 11.2. The number of likely N-dealkylation sites (tertiary alicyclic amines) is 1. The molecule has 2 rings (SSSR count). The molecule has 0 aromatic rings. The Labute approximate surface area is 109 Å². The van der Waals surface area contributed by atoms with Crippen LogP contribution in [0.3, 0.4) is 0 Å². The van der Waals surface area contributed by atoms with Crippen LogP contribution >= 0.6 is 0 Å². The van der Waals surface area contributed by atoms with E-state index in [4.69, 9.17) is 9.84 Å². The van der Waals surface area contributed by atoms with Crippen molar-refractivity contribution in [1.29, 1.82) is 0 Å². The van der Waals surface area contributed by atoms with E-state index >= 15 is 0 Å². The molecule has 5 nitrogen and oxygen atoms in total. The van der Waals surface area contributed by atoms with Crippen molar-refractivity contribution in [2.45, 2.75) is 38.3 Å². The summed E-state index contributed by atoms with van der Waals surface area (Å²) in [6.07, 6.45) is 2.66. The number of carbonyl (C=O) groups is 1. The lowest BCUT2D eigenvalue weighted by molar-refractivity contribution is -0.133. The Morgan fingerprint density at radius 3 is 2.67 bits per heavy atom. The molecule has 0 aromatic heterocycles. The van der Waals surface area contributed by atoms with E-state index in [-0.39, 0.29) is 18.6 Å². The van der Waals surface area contributed by atoms with E-state index in [2.05, 4.69) is 4.90 Å². The number of amides is 1. The van der Waals surface area contributed by atoms with Crippen molar-refractivity contribution in [3.63, 3.8) is 0 Å². The van der Waals surface area contributed by atoms with Gasteiger partial charge in [0.15, 0.2) is 0 Å². The number of hydrogen-bond acceptors (Lipinski definition) is 4. The Morgan fingerprint density at radius 2 is 2.06 bits per heavy atom. The first kappa shape index (κ1) is 13.8. The Morgan fingerprint density at radius 1 is 1.33 bits per heavy atom. The van der Waals surface area contributed by atoms with Crippen molar-refractivity contribution < 1.29 is 14.6 Å². The van der Waals surface area contributed by atoms with Crippen molar-refractivity contribution in [1.82, 2.24) is 9.80 Å². The van der Waals surface area contributed by atoms with E-state index in [1.54, 1.807) is 0 Å². The van der Waals surface area contributed by atoms with Crippen molar-refractivity contribution in [2.24, 2.45) is 0 Å². The van der Waals surface area contributed by atoms with Gasteiger partial charge < -0.3 is 14.7 Å². The fourth-order valence-corrected chi connectivity index (χ4v) is 2.89. The monoisotopic (exact) mass is 256 g/mol. The van der Waals surface area contributed by atoms with Gasteiger partial charge in [-0.15, -0.1) is 0 Å². The average molecular weight is 256 g/mol. The average Bonchev–Trinajstić information content (AvgIpc) is 2.46. The summed E-state index contributed by atoms with van der Waals surface area (Å²) in [6, 6.07) is 0.545. The molecule has 5 heteroatoms. The third kappa shape index (κ3) is 3.22. The molecule has 0 saturated carbocycles. The third-order valence-corrected chi connectivity index (χ3v) is 4.01. The smallest absolute Gasteiger partial charge is 0.222 e. The summed E-state index contributed by atoms with van der Waals surface area (Å²) in [5.41, 5.74) is 0. The first-order valence-corrected chi connectivity index (χ1v) is 6.99. The lowest BCUT2D eigenvalue weighted by atomic mass is 10.0. The Kier molecular flexibility index (Phi) is 4.97. The van der Waals surface area contributed by atoms with Crippen molar-refractivity contribution in [3.8, 4) is 0 Å². The fourth-order valence-electron chi connectivity index (χ4n) is 2.89. The molecule has 0 spiro atoms. The van der Waals surface area contributed by atoms with Crippen LogP contribution in [0.2, 0.25) is 0 Å². The summed E-state index contributed by atoms with van der Waals surface area (Å²) in [5.74, 6) is 0.267. The van der Waals surface area contributed by atoms with E-state index in [0.717, 1.165) is 39.0 Å². The highest BCUT2D eigenvalue weighted by molar-refractivity contribution is 5.75. The predicted molar refractivity (Wildman–Crippen MR) is 68.3 cm³/mol. The Balaban J connectivity index is 1.80. The minimum atomic E-state index is -0.0333. The van der Waals surface area contributed by atoms with Gasteiger partial charge >= 0.3 is 0 Å². The lowest BCUT2D eigenvalue weighted by Crippen LogP contribution is -2.52. The van der Waals surface area contributed by atoms with E-state index in [9.17, 15) is 4.79 Å². The minimum absolute atomic E-state index is 0.0333. The van der Waals surface area contributed by atoms with E-state index < -0.39 is 0 Å². The molecule has 0 unspecified atom stereocenters. The number of hydrogen-bond donors (Lipinski definition) is 1. The van der Waals surface area contributed by atoms with Gasteiger partial charge in [-0.05, 0) is 12.8 Å². The highest BCUT2D eigenvalue weighted by Crippen LogP contribution is 2.19. The van der Waals surface area contributed by atoms with Gasteiger partial charge in [-0.1, -0.05) is 6.92 Å². The maximum atomic E-state index is 11.6. The molecule has 0 aliphatic carbocycles. The van der Waals surface area contributed by atoms with E-state index in [1.807, 2.05) is 11.8 Å². The number of ether oxygens (including phenoxy) is 1. The van der Waals surface area contributed by atoms with Crippen LogP contribution in [0.25, 0.3) is 0 Å². The second kappa shape index (κ2) is 6.50. The number of morpholine rings is 1. The molecular weight excluding hydrogens is 232 g/mol. The second-order valence-electron chi connectivity index (χ2n) is 5.14. The molecule has 2 fully saturated rings. The molecule has 2 saturated heterocycles. The molecular formula is C13H24N2O3. The standard InChI is InChI=1S/C13H24N2O3/c1-2-13(17)14-5-3-11(4-6-14)15-7-8-18-12(9-15)10-16/h11-12,16H,2-10H2,1H3/t12-/m0/s1. The first-order valence-electron chi connectivity index (χ1n) is 6.99. The van der Waals surface area contributed by atoms with Crippen LogP contribution in [0.4, 0.5) is 0 Å². The van der Waals surface area contributed by atoms with Gasteiger partial charge in [-0.25, -0.2) is 0 Å². The highest BCUT2D eigenvalue weighted by atomic mass is 16.5. The number of nitrogens with zero attached hydrogens (tertiary/aromatic N) is 2. The fraction of sp³-hybridized carbons (Fsp3) is 0.923. The van der Waals surface area contributed by atoms with Crippen LogP contribution in [-0.2, 0) is 9.53 Å². The summed E-state index contributed by atoms with van der Waals surface area (Å²) in [5, 5.41) is 9.15. The normalized spacial score (nSPS) is 27.4. The Bertz CT molecular complexity index is 277. The summed E-state index contributed by atoms with van der Waals surface area (Å²) < 4.78 is 5.47. The molecule has 104 valence electrons. The predicted octanol–water partition coefficient (Wildman–Crippen LogP) is 0.0805. The molecule has 0 bridgehead atoms. The number of piperidine rings is 1. The van der Waals surface area contributed by atoms with Gasteiger partial charge in [0.05, 0.1) is 19.3 Å². The van der Waals surface area contributed by atoms with Gasteiger partial charge in [0.1, 0.15) is 0 Å². The first-order chi connectivity index (χ1) is 8.74. The van der Waals surface area contributed by atoms with Crippen LogP contribution < -0.4 is 0 Å². The van der Waals surface area contributed by atoms with E-state index in [1.165, 1.54) is 0 Å². The molecule has 1 atom stereocenters. The largest absolute Gasteiger partial charge is 0.394 e. The van der Waals surface area contributed by atoms with Crippen LogP contribution in [-0.4, -0.2) is 72.4 Å². The third-order valence-electron chi connectivity index (χ3n) is 4.01. The minimum Gasteiger partial charge on any atom is -0.394 e. The topological polar surface area (TPSA) is 53.0 Å². The lowest BCUT2D eigenvalue weighted by Gasteiger charge is -2.41. The maximum Gasteiger partial charge on any atom is 0.222 e. The van der Waals surface area contributed by atoms with E-state index in [0.29, 0.717) is 19.1 Å². The number of aliphatic hydroxyl groups is 1. The van der Waals surface area contributed by atoms with Crippen molar-refractivity contribution in [2.75, 3.05) is 39.4 Å². The molecule has 2 heterocycles. The summed E-state index contributed by atoms with van der Waals surface area (Å²) in [7, 11) is 0. The highest BCUT2D eigenvalue weighted by Gasteiger charge is 2.29. The van der Waals surface area contributed by atoms with Gasteiger partial charge in [0, 0.05) is 38.6 Å².